The molecule has 5 heteroatoms. The Kier molecular flexibility index (Phi) is 4.71. The first-order chi connectivity index (χ1) is 13.9. The van der Waals surface area contributed by atoms with E-state index in [-0.39, 0.29) is 11.8 Å². The van der Waals surface area contributed by atoms with Crippen molar-refractivity contribution in [1.82, 2.24) is 9.91 Å². The fourth-order valence-electron chi connectivity index (χ4n) is 4.89. The first-order valence-corrected chi connectivity index (χ1v) is 11.4. The van der Waals surface area contributed by atoms with Gasteiger partial charge in [-0.1, -0.05) is 45.8 Å². The molecule has 29 heavy (non-hydrogen) atoms. The number of piperidine rings is 1. The van der Waals surface area contributed by atoms with Gasteiger partial charge in [0.1, 0.15) is 5.75 Å². The maximum atomic E-state index is 6.73. The molecule has 5 rings (SSSR count). The molecule has 0 N–H and O–H groups in total. The van der Waals surface area contributed by atoms with Crippen LogP contribution in [-0.4, -0.2) is 40.5 Å². The maximum absolute atomic E-state index is 6.73. The molecule has 1 atom stereocenters. The van der Waals surface area contributed by atoms with Gasteiger partial charge in [0.2, 0.25) is 5.72 Å². The van der Waals surface area contributed by atoms with Crippen molar-refractivity contribution in [2.75, 3.05) is 13.1 Å². The van der Waals surface area contributed by atoms with Crippen molar-refractivity contribution in [3.63, 3.8) is 0 Å². The lowest BCUT2D eigenvalue weighted by Gasteiger charge is -2.51. The van der Waals surface area contributed by atoms with Crippen LogP contribution in [0.2, 0.25) is 0 Å². The van der Waals surface area contributed by atoms with E-state index in [1.807, 2.05) is 0 Å². The van der Waals surface area contributed by atoms with E-state index in [9.17, 15) is 0 Å². The molecule has 0 bridgehead atoms. The van der Waals surface area contributed by atoms with Gasteiger partial charge in [-0.3, -0.25) is 0 Å². The summed E-state index contributed by atoms with van der Waals surface area (Å²) in [6.45, 7) is 8.77. The topological polar surface area (TPSA) is 28.1 Å². The van der Waals surface area contributed by atoms with Crippen LogP contribution in [0.3, 0.4) is 0 Å². The van der Waals surface area contributed by atoms with E-state index in [1.165, 1.54) is 16.7 Å². The molecule has 0 aliphatic carbocycles. The third-order valence-electron chi connectivity index (χ3n) is 6.65. The number of halogens is 1. The van der Waals surface area contributed by atoms with Crippen LogP contribution in [0.15, 0.2) is 52.0 Å². The lowest BCUT2D eigenvalue weighted by atomic mass is 9.90. The smallest absolute Gasteiger partial charge is 0.200 e. The van der Waals surface area contributed by atoms with E-state index in [4.69, 9.17) is 9.84 Å². The van der Waals surface area contributed by atoms with Crippen LogP contribution < -0.4 is 4.74 Å². The van der Waals surface area contributed by atoms with Crippen molar-refractivity contribution in [2.24, 2.45) is 5.10 Å². The zero-order valence-corrected chi connectivity index (χ0v) is 18.9. The number of fused-ring (bicyclic) bond motifs is 4. The van der Waals surface area contributed by atoms with Gasteiger partial charge in [0, 0.05) is 48.4 Å². The van der Waals surface area contributed by atoms with Gasteiger partial charge in [-0.2, -0.15) is 5.10 Å². The number of hydrazone groups is 1. The van der Waals surface area contributed by atoms with E-state index in [0.29, 0.717) is 6.04 Å². The minimum Gasteiger partial charge on any atom is -0.466 e. The van der Waals surface area contributed by atoms with E-state index in [2.05, 4.69) is 89.1 Å². The van der Waals surface area contributed by atoms with Crippen LogP contribution in [0.5, 0.6) is 5.75 Å². The highest BCUT2D eigenvalue weighted by molar-refractivity contribution is 9.10. The number of likely N-dealkylation sites (tertiary alicyclic amines) is 1. The number of nitrogens with zero attached hydrogens (tertiary/aromatic N) is 3. The van der Waals surface area contributed by atoms with Gasteiger partial charge in [-0.15, -0.1) is 0 Å². The molecule has 0 amide bonds. The Balaban J connectivity index is 1.54. The summed E-state index contributed by atoms with van der Waals surface area (Å²) < 4.78 is 7.82. The Morgan fingerprint density at radius 3 is 2.52 bits per heavy atom. The summed E-state index contributed by atoms with van der Waals surface area (Å²) in [7, 11) is 0. The number of rotatable bonds is 2. The molecule has 1 fully saturated rings. The fraction of sp³-hybridized carbons (Fsp3) is 0.458. The number of ether oxygens (including phenoxy) is 1. The second-order valence-corrected chi connectivity index (χ2v) is 9.75. The molecule has 1 saturated heterocycles. The largest absolute Gasteiger partial charge is 0.466 e. The van der Waals surface area contributed by atoms with Crippen LogP contribution >= 0.6 is 15.9 Å². The SMILES string of the molecule is Cc1ccc(C2=NN3[C@@H](C2)c2cc(Br)ccc2OC32CCN(C(C)C)CC2)cc1. The quantitative estimate of drug-likeness (QED) is 0.600. The van der Waals surface area contributed by atoms with Crippen molar-refractivity contribution in [2.45, 2.75) is 57.8 Å². The Morgan fingerprint density at radius 2 is 1.83 bits per heavy atom. The fourth-order valence-corrected chi connectivity index (χ4v) is 5.27. The summed E-state index contributed by atoms with van der Waals surface area (Å²) in [5.74, 6) is 1.02. The number of aryl methyl sites for hydroxylation is 1. The number of hydrogen-bond acceptors (Lipinski definition) is 4. The molecule has 0 saturated carbocycles. The second kappa shape index (κ2) is 7.13. The van der Waals surface area contributed by atoms with Crippen molar-refractivity contribution in [3.8, 4) is 5.75 Å². The first kappa shape index (κ1) is 19.1. The summed E-state index contributed by atoms with van der Waals surface area (Å²) in [6, 6.07) is 16.0. The monoisotopic (exact) mass is 453 g/mol. The molecule has 3 aliphatic rings. The average Bonchev–Trinajstić information content (AvgIpc) is 3.16. The van der Waals surface area contributed by atoms with Gasteiger partial charge in [-0.05, 0) is 44.5 Å². The first-order valence-electron chi connectivity index (χ1n) is 10.6. The summed E-state index contributed by atoms with van der Waals surface area (Å²) >= 11 is 3.65. The Hall–Kier alpha value is -1.85. The Morgan fingerprint density at radius 1 is 1.10 bits per heavy atom. The molecule has 152 valence electrons. The van der Waals surface area contributed by atoms with Crippen LogP contribution in [0, 0.1) is 6.92 Å². The van der Waals surface area contributed by atoms with Gasteiger partial charge in [0.25, 0.3) is 0 Å². The summed E-state index contributed by atoms with van der Waals surface area (Å²) in [5.41, 5.74) is 4.55. The third-order valence-corrected chi connectivity index (χ3v) is 7.15. The highest BCUT2D eigenvalue weighted by Gasteiger charge is 2.52. The third kappa shape index (κ3) is 3.28. The Bertz CT molecular complexity index is 945. The minimum absolute atomic E-state index is 0.234. The standard InChI is InChI=1S/C24H28BrN3O/c1-16(2)27-12-10-24(11-13-27)28-22(20-14-19(25)8-9-23(20)29-24)15-21(26-28)18-6-4-17(3)5-7-18/h4-9,14,16,22H,10-13,15H2,1-3H3/t22-/m0/s1. The molecular weight excluding hydrogens is 426 g/mol. The van der Waals surface area contributed by atoms with Crippen molar-refractivity contribution in [1.29, 1.82) is 0 Å². The van der Waals surface area contributed by atoms with Gasteiger partial charge in [0.05, 0.1) is 11.8 Å². The average molecular weight is 454 g/mol. The van der Waals surface area contributed by atoms with Crippen molar-refractivity contribution in [3.05, 3.63) is 63.6 Å². The lowest BCUT2D eigenvalue weighted by molar-refractivity contribution is -0.152. The van der Waals surface area contributed by atoms with Gasteiger partial charge in [-0.25, -0.2) is 5.01 Å². The molecule has 2 aromatic carbocycles. The van der Waals surface area contributed by atoms with E-state index in [0.717, 1.165) is 48.3 Å². The second-order valence-electron chi connectivity index (χ2n) is 8.84. The molecule has 3 aliphatic heterocycles. The predicted molar refractivity (Wildman–Crippen MR) is 120 cm³/mol. The van der Waals surface area contributed by atoms with Crippen LogP contribution in [0.25, 0.3) is 0 Å². The molecule has 2 aromatic rings. The van der Waals surface area contributed by atoms with Crippen LogP contribution in [-0.2, 0) is 0 Å². The highest BCUT2D eigenvalue weighted by atomic mass is 79.9. The Labute approximate surface area is 181 Å². The predicted octanol–water partition coefficient (Wildman–Crippen LogP) is 5.50. The minimum atomic E-state index is -0.344. The van der Waals surface area contributed by atoms with Gasteiger partial charge < -0.3 is 9.64 Å². The summed E-state index contributed by atoms with van der Waals surface area (Å²) in [6.07, 6.45) is 2.87. The summed E-state index contributed by atoms with van der Waals surface area (Å²) in [5, 5.41) is 7.48. The molecule has 0 radical (unpaired) electrons. The molecule has 3 heterocycles. The molecular formula is C24H28BrN3O. The zero-order valence-electron chi connectivity index (χ0n) is 17.4. The van der Waals surface area contributed by atoms with E-state index in [1.54, 1.807) is 0 Å². The van der Waals surface area contributed by atoms with Gasteiger partial charge >= 0.3 is 0 Å². The van der Waals surface area contributed by atoms with Gasteiger partial charge in [0.15, 0.2) is 0 Å². The van der Waals surface area contributed by atoms with E-state index < -0.39 is 0 Å². The summed E-state index contributed by atoms with van der Waals surface area (Å²) in [4.78, 5) is 2.54. The van der Waals surface area contributed by atoms with Crippen molar-refractivity contribution >= 4 is 21.6 Å². The maximum Gasteiger partial charge on any atom is 0.200 e. The molecule has 0 unspecified atom stereocenters. The van der Waals surface area contributed by atoms with Crippen molar-refractivity contribution < 1.29 is 4.74 Å². The number of benzene rings is 2. The highest BCUT2D eigenvalue weighted by Crippen LogP contribution is 2.50. The normalized spacial score (nSPS) is 23.0. The van der Waals surface area contributed by atoms with Crippen LogP contribution in [0.4, 0.5) is 0 Å². The zero-order chi connectivity index (χ0) is 20.2. The molecule has 1 spiro atoms. The molecule has 4 nitrogen and oxygen atoms in total. The number of hydrogen-bond donors (Lipinski definition) is 0. The molecule has 0 aromatic heterocycles. The van der Waals surface area contributed by atoms with E-state index >= 15 is 0 Å². The van der Waals surface area contributed by atoms with Crippen LogP contribution in [0.1, 0.15) is 55.8 Å². The lowest BCUT2D eigenvalue weighted by Crippen LogP contribution is -2.59.